The summed E-state index contributed by atoms with van der Waals surface area (Å²) in [5.41, 5.74) is 6.18. The van der Waals surface area contributed by atoms with Gasteiger partial charge >= 0.3 is 0 Å². The third-order valence-electron chi connectivity index (χ3n) is 3.69. The summed E-state index contributed by atoms with van der Waals surface area (Å²) in [6.07, 6.45) is 5.42. The Hall–Kier alpha value is -2.48. The molecule has 0 radical (unpaired) electrons. The summed E-state index contributed by atoms with van der Waals surface area (Å²) in [5.74, 6) is 0. The summed E-state index contributed by atoms with van der Waals surface area (Å²) < 4.78 is 0. The maximum atomic E-state index is 4.35. The third kappa shape index (κ3) is 3.16. The van der Waals surface area contributed by atoms with Crippen LogP contribution in [0.1, 0.15) is 24.5 Å². The zero-order chi connectivity index (χ0) is 14.5. The van der Waals surface area contributed by atoms with E-state index in [1.54, 1.807) is 0 Å². The van der Waals surface area contributed by atoms with Crippen molar-refractivity contribution in [2.24, 2.45) is 10.2 Å². The first kappa shape index (κ1) is 13.5. The van der Waals surface area contributed by atoms with Crippen LogP contribution in [0.4, 0.5) is 5.69 Å². The molecule has 2 heteroatoms. The largest absolute Gasteiger partial charge is 0.184 e. The normalized spacial score (nSPS) is 14.3. The second-order valence-corrected chi connectivity index (χ2v) is 5.16. The molecule has 21 heavy (non-hydrogen) atoms. The number of azo groups is 1. The van der Waals surface area contributed by atoms with Gasteiger partial charge in [0.1, 0.15) is 0 Å². The highest BCUT2D eigenvalue weighted by atomic mass is 15.1. The average Bonchev–Trinajstić information content (AvgIpc) is 2.95. The molecule has 2 nitrogen and oxygen atoms in total. The van der Waals surface area contributed by atoms with Crippen molar-refractivity contribution in [2.45, 2.75) is 19.9 Å². The molecule has 0 aromatic heterocycles. The lowest BCUT2D eigenvalue weighted by Crippen LogP contribution is -1.92. The van der Waals surface area contributed by atoms with Gasteiger partial charge in [0.05, 0.1) is 12.2 Å². The maximum Gasteiger partial charge on any atom is 0.0859 e. The van der Waals surface area contributed by atoms with Crippen LogP contribution < -0.4 is 0 Å². The molecule has 0 saturated carbocycles. The monoisotopic (exact) mass is 274 g/mol. The second kappa shape index (κ2) is 6.31. The molecule has 1 aliphatic rings. The molecule has 0 unspecified atom stereocenters. The van der Waals surface area contributed by atoms with Crippen LogP contribution in [0, 0.1) is 0 Å². The van der Waals surface area contributed by atoms with E-state index in [1.807, 2.05) is 30.3 Å². The lowest BCUT2D eigenvalue weighted by molar-refractivity contribution is 0.954. The predicted molar refractivity (Wildman–Crippen MR) is 87.5 cm³/mol. The molecule has 0 N–H and O–H groups in total. The minimum absolute atomic E-state index is 0.613. The number of benzene rings is 2. The molecule has 0 saturated heterocycles. The van der Waals surface area contributed by atoms with E-state index in [4.69, 9.17) is 0 Å². The van der Waals surface area contributed by atoms with Gasteiger partial charge in [-0.2, -0.15) is 10.2 Å². The fourth-order valence-corrected chi connectivity index (χ4v) is 2.58. The second-order valence-electron chi connectivity index (χ2n) is 5.16. The van der Waals surface area contributed by atoms with Crippen molar-refractivity contribution in [3.63, 3.8) is 0 Å². The number of nitrogens with zero attached hydrogens (tertiary/aromatic N) is 2. The van der Waals surface area contributed by atoms with E-state index in [0.29, 0.717) is 6.54 Å². The predicted octanol–water partition coefficient (Wildman–Crippen LogP) is 5.70. The van der Waals surface area contributed by atoms with Crippen LogP contribution in [0.3, 0.4) is 0 Å². The zero-order valence-electron chi connectivity index (χ0n) is 12.2. The minimum atomic E-state index is 0.613. The summed E-state index contributed by atoms with van der Waals surface area (Å²) in [6.45, 7) is 2.78. The van der Waals surface area contributed by atoms with Gasteiger partial charge in [0.25, 0.3) is 0 Å². The van der Waals surface area contributed by atoms with Crippen molar-refractivity contribution in [2.75, 3.05) is 0 Å². The number of allylic oxidation sites excluding steroid dienone is 4. The van der Waals surface area contributed by atoms with E-state index in [-0.39, 0.29) is 0 Å². The van der Waals surface area contributed by atoms with Crippen LogP contribution in [0.15, 0.2) is 82.6 Å². The van der Waals surface area contributed by atoms with Gasteiger partial charge in [-0.15, -0.1) is 0 Å². The lowest BCUT2D eigenvalue weighted by atomic mass is 9.97. The molecular formula is C19H18N2. The maximum absolute atomic E-state index is 4.35. The van der Waals surface area contributed by atoms with Gasteiger partial charge in [-0.05, 0) is 47.8 Å². The first-order chi connectivity index (χ1) is 10.3. The van der Waals surface area contributed by atoms with Crippen molar-refractivity contribution >= 4 is 11.3 Å². The molecule has 0 aliphatic heterocycles. The molecule has 0 amide bonds. The smallest absolute Gasteiger partial charge is 0.0859 e. The van der Waals surface area contributed by atoms with E-state index in [0.717, 1.165) is 12.1 Å². The van der Waals surface area contributed by atoms with Gasteiger partial charge in [0.15, 0.2) is 0 Å². The molecule has 3 rings (SSSR count). The van der Waals surface area contributed by atoms with Gasteiger partial charge in [-0.3, -0.25) is 0 Å². The molecule has 2 aromatic carbocycles. The van der Waals surface area contributed by atoms with Gasteiger partial charge in [0, 0.05) is 0 Å². The molecule has 0 atom stereocenters. The Morgan fingerprint density at radius 1 is 0.952 bits per heavy atom. The van der Waals surface area contributed by atoms with E-state index >= 15 is 0 Å². The topological polar surface area (TPSA) is 24.7 Å². The highest BCUT2D eigenvalue weighted by Gasteiger charge is 2.11. The molecule has 1 aliphatic carbocycles. The van der Waals surface area contributed by atoms with Crippen LogP contribution in [0.2, 0.25) is 0 Å². The molecule has 104 valence electrons. The molecular weight excluding hydrogens is 256 g/mol. The van der Waals surface area contributed by atoms with Crippen LogP contribution in [-0.2, 0) is 6.54 Å². The minimum Gasteiger partial charge on any atom is -0.184 e. The Bertz CT molecular complexity index is 709. The van der Waals surface area contributed by atoms with Crippen LogP contribution >= 0.6 is 0 Å². The van der Waals surface area contributed by atoms with Crippen LogP contribution in [0.25, 0.3) is 5.57 Å². The number of hydrogen-bond acceptors (Lipinski definition) is 2. The standard InChI is InChI=1S/C19H18N2/c1-15-8-7-13-18(15)19-12-6-5-9-16(19)14-20-21-17-10-3-2-4-11-17/h2-12H,13-14H2,1H3. The summed E-state index contributed by atoms with van der Waals surface area (Å²) in [7, 11) is 0. The Kier molecular flexibility index (Phi) is 4.06. The van der Waals surface area contributed by atoms with Gasteiger partial charge in [0.2, 0.25) is 0 Å². The van der Waals surface area contributed by atoms with Crippen molar-refractivity contribution in [1.82, 2.24) is 0 Å². The van der Waals surface area contributed by atoms with E-state index in [1.165, 1.54) is 22.3 Å². The van der Waals surface area contributed by atoms with E-state index in [9.17, 15) is 0 Å². The third-order valence-corrected chi connectivity index (χ3v) is 3.69. The first-order valence-corrected chi connectivity index (χ1v) is 7.22. The highest BCUT2D eigenvalue weighted by molar-refractivity contribution is 5.76. The SMILES string of the molecule is CC1=C(c2ccccc2CN=Nc2ccccc2)CC=C1. The van der Waals surface area contributed by atoms with Crippen molar-refractivity contribution in [3.05, 3.63) is 83.4 Å². The molecule has 2 aromatic rings. The Morgan fingerprint density at radius 2 is 1.71 bits per heavy atom. The molecule has 0 fully saturated rings. The zero-order valence-corrected chi connectivity index (χ0v) is 12.2. The van der Waals surface area contributed by atoms with Crippen molar-refractivity contribution < 1.29 is 0 Å². The summed E-state index contributed by atoms with van der Waals surface area (Å²) in [6, 6.07) is 18.3. The fourth-order valence-electron chi connectivity index (χ4n) is 2.58. The van der Waals surface area contributed by atoms with Gasteiger partial charge in [-0.25, -0.2) is 0 Å². The fraction of sp³-hybridized carbons (Fsp3) is 0.158. The van der Waals surface area contributed by atoms with E-state index < -0.39 is 0 Å². The number of hydrogen-bond donors (Lipinski definition) is 0. The van der Waals surface area contributed by atoms with Crippen LogP contribution in [0.5, 0.6) is 0 Å². The molecule has 0 heterocycles. The Morgan fingerprint density at radius 3 is 2.48 bits per heavy atom. The summed E-state index contributed by atoms with van der Waals surface area (Å²) >= 11 is 0. The summed E-state index contributed by atoms with van der Waals surface area (Å²) in [5, 5.41) is 8.63. The average molecular weight is 274 g/mol. The number of rotatable bonds is 4. The van der Waals surface area contributed by atoms with E-state index in [2.05, 4.69) is 53.6 Å². The molecule has 0 bridgehead atoms. The first-order valence-electron chi connectivity index (χ1n) is 7.22. The lowest BCUT2D eigenvalue weighted by Gasteiger charge is -2.09. The van der Waals surface area contributed by atoms with Crippen molar-refractivity contribution in [1.29, 1.82) is 0 Å². The Balaban J connectivity index is 1.81. The molecule has 0 spiro atoms. The van der Waals surface area contributed by atoms with Gasteiger partial charge < -0.3 is 0 Å². The van der Waals surface area contributed by atoms with Crippen LogP contribution in [-0.4, -0.2) is 0 Å². The quantitative estimate of drug-likeness (QED) is 0.638. The Labute approximate surface area is 125 Å². The highest BCUT2D eigenvalue weighted by Crippen LogP contribution is 2.31. The van der Waals surface area contributed by atoms with Gasteiger partial charge in [-0.1, -0.05) is 54.6 Å². The van der Waals surface area contributed by atoms with Crippen molar-refractivity contribution in [3.8, 4) is 0 Å². The summed E-state index contributed by atoms with van der Waals surface area (Å²) in [4.78, 5) is 0.